The molecule has 1 aliphatic rings. The van der Waals surface area contributed by atoms with Crippen LogP contribution < -0.4 is 9.47 Å². The molecule has 3 rings (SSSR count). The predicted octanol–water partition coefficient (Wildman–Crippen LogP) is 3.20. The Morgan fingerprint density at radius 3 is 2.21 bits per heavy atom. The number of rotatable bonds is 7. The number of carbonyl (C=O) groups is 2. The fourth-order valence-electron chi connectivity index (χ4n) is 3.74. The van der Waals surface area contributed by atoms with Crippen molar-refractivity contribution in [2.24, 2.45) is 0 Å². The van der Waals surface area contributed by atoms with Gasteiger partial charge in [0.05, 0.1) is 19.1 Å². The standard InChI is InChI=1S/C23H27NO5/c1-3-28-22(26)23(18-9-5-4-6-10-18)13-15-24(16-14-23)21(25)17-29-20-12-8-7-11-19(20)27-2/h4-12H,3,13-17H2,1-2H3. The topological polar surface area (TPSA) is 65.1 Å². The van der Waals surface area contributed by atoms with Crippen molar-refractivity contribution < 1.29 is 23.8 Å². The molecule has 0 radical (unpaired) electrons. The van der Waals surface area contributed by atoms with Gasteiger partial charge in [-0.25, -0.2) is 0 Å². The first-order chi connectivity index (χ1) is 14.1. The zero-order chi connectivity index (χ0) is 20.7. The molecule has 0 aromatic heterocycles. The Morgan fingerprint density at radius 2 is 1.59 bits per heavy atom. The average Bonchev–Trinajstić information content (AvgIpc) is 2.78. The molecule has 1 fully saturated rings. The van der Waals surface area contributed by atoms with Crippen molar-refractivity contribution in [3.05, 3.63) is 60.2 Å². The second kappa shape index (κ2) is 9.45. The number of hydrogen-bond acceptors (Lipinski definition) is 5. The summed E-state index contributed by atoms with van der Waals surface area (Å²) in [5.74, 6) is 0.792. The second-order valence-electron chi connectivity index (χ2n) is 6.99. The summed E-state index contributed by atoms with van der Waals surface area (Å²) in [6, 6.07) is 16.9. The molecular formula is C23H27NO5. The van der Waals surface area contributed by atoms with E-state index in [1.807, 2.05) is 49.4 Å². The summed E-state index contributed by atoms with van der Waals surface area (Å²) in [5, 5.41) is 0. The molecule has 154 valence electrons. The number of piperidine rings is 1. The van der Waals surface area contributed by atoms with E-state index in [1.54, 1.807) is 24.1 Å². The van der Waals surface area contributed by atoms with Gasteiger partial charge in [-0.3, -0.25) is 9.59 Å². The van der Waals surface area contributed by atoms with Gasteiger partial charge in [-0.15, -0.1) is 0 Å². The molecule has 1 aliphatic heterocycles. The lowest BCUT2D eigenvalue weighted by Gasteiger charge is -2.40. The summed E-state index contributed by atoms with van der Waals surface area (Å²) in [4.78, 5) is 27.2. The molecule has 1 heterocycles. The molecule has 0 unspecified atom stereocenters. The van der Waals surface area contributed by atoms with Crippen LogP contribution in [0.2, 0.25) is 0 Å². The lowest BCUT2D eigenvalue weighted by Crippen LogP contribution is -2.50. The van der Waals surface area contributed by atoms with Crippen LogP contribution >= 0.6 is 0 Å². The monoisotopic (exact) mass is 397 g/mol. The first kappa shape index (κ1) is 20.7. The minimum absolute atomic E-state index is 0.0713. The van der Waals surface area contributed by atoms with Gasteiger partial charge in [0.1, 0.15) is 0 Å². The molecule has 0 saturated carbocycles. The van der Waals surface area contributed by atoms with Gasteiger partial charge in [0, 0.05) is 13.1 Å². The lowest BCUT2D eigenvalue weighted by atomic mass is 9.72. The van der Waals surface area contributed by atoms with Crippen LogP contribution in [0.1, 0.15) is 25.3 Å². The fourth-order valence-corrected chi connectivity index (χ4v) is 3.74. The summed E-state index contributed by atoms with van der Waals surface area (Å²) < 4.78 is 16.3. The van der Waals surface area contributed by atoms with E-state index in [4.69, 9.17) is 14.2 Å². The van der Waals surface area contributed by atoms with Crippen LogP contribution in [-0.4, -0.2) is 50.2 Å². The van der Waals surface area contributed by atoms with E-state index >= 15 is 0 Å². The van der Waals surface area contributed by atoms with E-state index in [1.165, 1.54) is 0 Å². The van der Waals surface area contributed by atoms with Crippen molar-refractivity contribution in [1.82, 2.24) is 4.90 Å². The number of methoxy groups -OCH3 is 1. The highest BCUT2D eigenvalue weighted by Crippen LogP contribution is 2.37. The van der Waals surface area contributed by atoms with Gasteiger partial charge < -0.3 is 19.1 Å². The van der Waals surface area contributed by atoms with Gasteiger partial charge in [0.2, 0.25) is 0 Å². The third-order valence-electron chi connectivity index (χ3n) is 5.38. The van der Waals surface area contributed by atoms with Crippen LogP contribution in [0, 0.1) is 0 Å². The van der Waals surface area contributed by atoms with E-state index in [0.717, 1.165) is 5.56 Å². The Hall–Kier alpha value is -3.02. The molecule has 6 heteroatoms. The van der Waals surface area contributed by atoms with Crippen LogP contribution in [-0.2, 0) is 19.7 Å². The van der Waals surface area contributed by atoms with Crippen molar-refractivity contribution >= 4 is 11.9 Å². The number of carbonyl (C=O) groups excluding carboxylic acids is 2. The Labute approximate surface area is 171 Å². The Balaban J connectivity index is 1.65. The van der Waals surface area contributed by atoms with Gasteiger partial charge in [0.25, 0.3) is 5.91 Å². The number of amides is 1. The zero-order valence-corrected chi connectivity index (χ0v) is 16.9. The molecular weight excluding hydrogens is 370 g/mol. The fraction of sp³-hybridized carbons (Fsp3) is 0.391. The molecule has 2 aromatic rings. The van der Waals surface area contributed by atoms with Gasteiger partial charge in [-0.2, -0.15) is 0 Å². The highest BCUT2D eigenvalue weighted by atomic mass is 16.5. The van der Waals surface area contributed by atoms with Crippen LogP contribution in [0.4, 0.5) is 0 Å². The highest BCUT2D eigenvalue weighted by molar-refractivity contribution is 5.84. The van der Waals surface area contributed by atoms with Gasteiger partial charge in [-0.1, -0.05) is 42.5 Å². The normalized spacial score (nSPS) is 15.4. The quantitative estimate of drug-likeness (QED) is 0.672. The number of nitrogens with zero attached hydrogens (tertiary/aromatic N) is 1. The summed E-state index contributed by atoms with van der Waals surface area (Å²) in [6.45, 7) is 3.02. The molecule has 0 bridgehead atoms. The maximum atomic E-state index is 12.8. The summed E-state index contributed by atoms with van der Waals surface area (Å²) in [5.41, 5.74) is 0.230. The van der Waals surface area contributed by atoms with Crippen LogP contribution in [0.25, 0.3) is 0 Å². The molecule has 0 spiro atoms. The van der Waals surface area contributed by atoms with Gasteiger partial charge in [-0.05, 0) is 37.5 Å². The van der Waals surface area contributed by atoms with Crippen molar-refractivity contribution in [1.29, 1.82) is 0 Å². The van der Waals surface area contributed by atoms with E-state index in [0.29, 0.717) is 44.0 Å². The SMILES string of the molecule is CCOC(=O)C1(c2ccccc2)CCN(C(=O)COc2ccccc2OC)CC1. The summed E-state index contributed by atoms with van der Waals surface area (Å²) in [6.07, 6.45) is 1.05. The minimum atomic E-state index is -0.711. The molecule has 6 nitrogen and oxygen atoms in total. The molecule has 1 saturated heterocycles. The zero-order valence-electron chi connectivity index (χ0n) is 16.9. The van der Waals surface area contributed by atoms with E-state index in [2.05, 4.69) is 0 Å². The van der Waals surface area contributed by atoms with E-state index < -0.39 is 5.41 Å². The van der Waals surface area contributed by atoms with Crippen LogP contribution in [0.5, 0.6) is 11.5 Å². The van der Waals surface area contributed by atoms with Crippen LogP contribution in [0.15, 0.2) is 54.6 Å². The number of ether oxygens (including phenoxy) is 3. The molecule has 0 aliphatic carbocycles. The van der Waals surface area contributed by atoms with Crippen molar-refractivity contribution in [3.63, 3.8) is 0 Å². The van der Waals surface area contributed by atoms with Gasteiger partial charge in [0.15, 0.2) is 18.1 Å². The molecule has 2 aromatic carbocycles. The number of hydrogen-bond donors (Lipinski definition) is 0. The molecule has 0 N–H and O–H groups in total. The second-order valence-corrected chi connectivity index (χ2v) is 6.99. The molecule has 29 heavy (non-hydrogen) atoms. The Bertz CT molecular complexity index is 828. The summed E-state index contributed by atoms with van der Waals surface area (Å²) >= 11 is 0. The smallest absolute Gasteiger partial charge is 0.316 e. The maximum Gasteiger partial charge on any atom is 0.316 e. The van der Waals surface area contributed by atoms with E-state index in [-0.39, 0.29) is 18.5 Å². The van der Waals surface area contributed by atoms with Crippen molar-refractivity contribution in [3.8, 4) is 11.5 Å². The number of esters is 1. The first-order valence-corrected chi connectivity index (χ1v) is 9.87. The van der Waals surface area contributed by atoms with Crippen molar-refractivity contribution in [2.75, 3.05) is 33.4 Å². The Kier molecular flexibility index (Phi) is 6.75. The average molecular weight is 397 g/mol. The van der Waals surface area contributed by atoms with Gasteiger partial charge >= 0.3 is 5.97 Å². The molecule has 1 amide bonds. The number of likely N-dealkylation sites (tertiary alicyclic amines) is 1. The number of para-hydroxylation sites is 2. The number of benzene rings is 2. The van der Waals surface area contributed by atoms with Crippen molar-refractivity contribution in [2.45, 2.75) is 25.2 Å². The highest BCUT2D eigenvalue weighted by Gasteiger charge is 2.44. The Morgan fingerprint density at radius 1 is 0.966 bits per heavy atom. The van der Waals surface area contributed by atoms with Crippen LogP contribution in [0.3, 0.4) is 0 Å². The lowest BCUT2D eigenvalue weighted by molar-refractivity contribution is -0.154. The minimum Gasteiger partial charge on any atom is -0.493 e. The third kappa shape index (κ3) is 4.53. The third-order valence-corrected chi connectivity index (χ3v) is 5.38. The largest absolute Gasteiger partial charge is 0.493 e. The maximum absolute atomic E-state index is 12.8. The predicted molar refractivity (Wildman–Crippen MR) is 109 cm³/mol. The van der Waals surface area contributed by atoms with E-state index in [9.17, 15) is 9.59 Å². The summed E-state index contributed by atoms with van der Waals surface area (Å²) in [7, 11) is 1.56. The first-order valence-electron chi connectivity index (χ1n) is 9.87. The molecule has 0 atom stereocenters.